The Bertz CT molecular complexity index is 980. The van der Waals surface area contributed by atoms with Gasteiger partial charge in [0.2, 0.25) is 0 Å². The fourth-order valence-corrected chi connectivity index (χ4v) is 4.90. The number of carbonyl (C=O) groups is 2. The van der Waals surface area contributed by atoms with E-state index in [4.69, 9.17) is 8.47 Å². The first-order valence-electron chi connectivity index (χ1n) is 10.3. The average Bonchev–Trinajstić information content (AvgIpc) is 3.43. The van der Waals surface area contributed by atoms with Crippen LogP contribution in [0.3, 0.4) is 0 Å². The summed E-state index contributed by atoms with van der Waals surface area (Å²) in [6.45, 7) is 6.11. The van der Waals surface area contributed by atoms with Crippen LogP contribution in [-0.4, -0.2) is 21.1 Å². The second-order valence-corrected chi connectivity index (χ2v) is 9.02. The maximum absolute atomic E-state index is 12.4. The van der Waals surface area contributed by atoms with Gasteiger partial charge in [-0.1, -0.05) is 65.2 Å². The summed E-state index contributed by atoms with van der Waals surface area (Å²) < 4.78 is 22.0. The Morgan fingerprint density at radius 3 is 1.65 bits per heavy atom. The molecule has 2 bridgehead atoms. The van der Waals surface area contributed by atoms with Gasteiger partial charge in [-0.05, 0) is 51.2 Å². The van der Waals surface area contributed by atoms with E-state index in [0.29, 0.717) is 10.8 Å². The molecule has 2 aromatic carbocycles. The SMILES string of the molecule is Cc1ccc(C)cc1.Cc1ccc(OS(=O)ON2C(=O)C3C4C=CC(C4)C3C2=O)cc1. The molecule has 1 saturated heterocycles. The number of hydroxylamine groups is 2. The summed E-state index contributed by atoms with van der Waals surface area (Å²) in [7, 11) is 0. The van der Waals surface area contributed by atoms with Gasteiger partial charge in [-0.15, -0.1) is 9.35 Å². The van der Waals surface area contributed by atoms with Crippen molar-refractivity contribution in [3.8, 4) is 5.75 Å². The molecule has 6 nitrogen and oxygen atoms in total. The average molecular weight is 440 g/mol. The standard InChI is InChI=1S/C16H15NO5S.C8H10/c1-9-2-6-12(7-3-9)21-23(20)22-17-15(18)13-10-4-5-11(8-10)14(13)16(17)19;1-7-3-5-8(2)6-4-7/h2-7,10-11,13-14H,8H2,1H3;3-6H,1-2H3. The molecule has 2 amide bonds. The summed E-state index contributed by atoms with van der Waals surface area (Å²) in [4.78, 5) is 24.8. The molecule has 3 aliphatic rings. The van der Waals surface area contributed by atoms with E-state index in [0.717, 1.165) is 12.0 Å². The number of aryl methyl sites for hydroxylation is 3. The Morgan fingerprint density at radius 1 is 0.774 bits per heavy atom. The van der Waals surface area contributed by atoms with E-state index in [2.05, 4.69) is 38.1 Å². The van der Waals surface area contributed by atoms with Crippen LogP contribution in [-0.2, 0) is 25.2 Å². The summed E-state index contributed by atoms with van der Waals surface area (Å²) >= 11 is -2.25. The van der Waals surface area contributed by atoms with Crippen molar-refractivity contribution in [3.63, 3.8) is 0 Å². The fourth-order valence-electron chi connectivity index (χ4n) is 4.33. The van der Waals surface area contributed by atoms with Crippen LogP contribution in [0.2, 0.25) is 0 Å². The zero-order chi connectivity index (χ0) is 22.1. The molecular formula is C24H25NO5S. The van der Waals surface area contributed by atoms with Crippen molar-refractivity contribution in [2.45, 2.75) is 27.2 Å². The number of rotatable bonds is 4. The first-order valence-corrected chi connectivity index (χ1v) is 11.3. The zero-order valence-corrected chi connectivity index (χ0v) is 18.5. The normalized spacial score (nSPS) is 26.5. The summed E-state index contributed by atoms with van der Waals surface area (Å²) in [5.74, 6) is -1.09. The molecule has 31 heavy (non-hydrogen) atoms. The predicted octanol–water partition coefficient (Wildman–Crippen LogP) is 3.99. The predicted molar refractivity (Wildman–Crippen MR) is 117 cm³/mol. The second kappa shape index (κ2) is 8.77. The third-order valence-electron chi connectivity index (χ3n) is 5.97. The first-order chi connectivity index (χ1) is 14.8. The third-order valence-corrected chi connectivity index (χ3v) is 6.57. The number of fused-ring (bicyclic) bond motifs is 5. The minimum absolute atomic E-state index is 0.0847. The van der Waals surface area contributed by atoms with E-state index in [-0.39, 0.29) is 23.7 Å². The summed E-state index contributed by atoms with van der Waals surface area (Å²) in [6, 6.07) is 15.4. The second-order valence-electron chi connectivity index (χ2n) is 8.30. The minimum Gasteiger partial charge on any atom is -0.379 e. The number of allylic oxidation sites excluding steroid dienone is 2. The number of nitrogens with zero attached hydrogens (tertiary/aromatic N) is 1. The van der Waals surface area contributed by atoms with Crippen LogP contribution in [0.25, 0.3) is 0 Å². The highest BCUT2D eigenvalue weighted by Crippen LogP contribution is 2.52. The van der Waals surface area contributed by atoms with Crippen LogP contribution in [0.5, 0.6) is 5.75 Å². The molecule has 2 fully saturated rings. The molecule has 1 saturated carbocycles. The summed E-state index contributed by atoms with van der Waals surface area (Å²) in [6.07, 6.45) is 4.81. The number of hydrogen-bond acceptors (Lipinski definition) is 5. The number of hydrogen-bond donors (Lipinski definition) is 0. The Labute approximate surface area is 184 Å². The lowest BCUT2D eigenvalue weighted by Gasteiger charge is -2.14. The van der Waals surface area contributed by atoms with Gasteiger partial charge in [0.1, 0.15) is 5.75 Å². The van der Waals surface area contributed by atoms with E-state index >= 15 is 0 Å². The molecule has 2 aromatic rings. The highest BCUT2D eigenvalue weighted by Gasteiger charge is 2.60. The van der Waals surface area contributed by atoms with Gasteiger partial charge in [0.15, 0.2) is 0 Å². The van der Waals surface area contributed by atoms with Gasteiger partial charge in [-0.2, -0.15) is 4.21 Å². The molecule has 1 aliphatic heterocycles. The molecule has 2 aliphatic carbocycles. The summed E-state index contributed by atoms with van der Waals surface area (Å²) in [5.41, 5.74) is 3.69. The zero-order valence-electron chi connectivity index (χ0n) is 17.7. The Balaban J connectivity index is 0.000000245. The van der Waals surface area contributed by atoms with Crippen molar-refractivity contribution in [2.75, 3.05) is 0 Å². The maximum Gasteiger partial charge on any atom is 0.383 e. The molecule has 0 N–H and O–H groups in total. The Hall–Kier alpha value is -2.77. The molecule has 5 atom stereocenters. The smallest absolute Gasteiger partial charge is 0.379 e. The lowest BCUT2D eigenvalue weighted by molar-refractivity contribution is -0.166. The molecule has 0 aromatic heterocycles. The molecule has 162 valence electrons. The molecule has 5 rings (SSSR count). The molecule has 5 unspecified atom stereocenters. The Kier molecular flexibility index (Phi) is 6.07. The molecule has 1 heterocycles. The number of benzene rings is 2. The van der Waals surface area contributed by atoms with E-state index in [9.17, 15) is 13.8 Å². The van der Waals surface area contributed by atoms with Crippen LogP contribution >= 0.6 is 0 Å². The van der Waals surface area contributed by atoms with E-state index in [1.807, 2.05) is 19.1 Å². The van der Waals surface area contributed by atoms with Gasteiger partial charge in [0, 0.05) is 0 Å². The van der Waals surface area contributed by atoms with Crippen LogP contribution in [0.1, 0.15) is 23.1 Å². The monoisotopic (exact) mass is 439 g/mol. The van der Waals surface area contributed by atoms with E-state index in [1.165, 1.54) is 11.1 Å². The highest BCUT2D eigenvalue weighted by molar-refractivity contribution is 7.75. The van der Waals surface area contributed by atoms with Gasteiger partial charge >= 0.3 is 11.4 Å². The van der Waals surface area contributed by atoms with Crippen LogP contribution in [0.4, 0.5) is 0 Å². The first kappa shape index (κ1) is 21.5. The van der Waals surface area contributed by atoms with Crippen LogP contribution in [0, 0.1) is 44.4 Å². The number of carbonyl (C=O) groups excluding carboxylic acids is 2. The van der Waals surface area contributed by atoms with Crippen LogP contribution < -0.4 is 4.18 Å². The van der Waals surface area contributed by atoms with E-state index < -0.39 is 23.2 Å². The third kappa shape index (κ3) is 4.48. The fraction of sp³-hybridized carbons (Fsp3) is 0.333. The number of imide groups is 1. The largest absolute Gasteiger partial charge is 0.383 e. The quantitative estimate of drug-likeness (QED) is 0.532. The number of amides is 2. The van der Waals surface area contributed by atoms with E-state index in [1.54, 1.807) is 24.3 Å². The summed E-state index contributed by atoms with van der Waals surface area (Å²) in [5, 5.41) is 0.631. The Morgan fingerprint density at radius 2 is 1.19 bits per heavy atom. The molecule has 7 heteroatoms. The van der Waals surface area contributed by atoms with Crippen molar-refractivity contribution in [1.82, 2.24) is 5.06 Å². The van der Waals surface area contributed by atoms with Gasteiger partial charge in [0.05, 0.1) is 11.8 Å². The molecule has 0 radical (unpaired) electrons. The van der Waals surface area contributed by atoms with Crippen LogP contribution in [0.15, 0.2) is 60.7 Å². The lowest BCUT2D eigenvalue weighted by atomic mass is 9.85. The highest BCUT2D eigenvalue weighted by atomic mass is 32.2. The molecular weight excluding hydrogens is 414 g/mol. The maximum atomic E-state index is 12.4. The van der Waals surface area contributed by atoms with Gasteiger partial charge < -0.3 is 4.18 Å². The van der Waals surface area contributed by atoms with Crippen molar-refractivity contribution in [2.24, 2.45) is 23.7 Å². The van der Waals surface area contributed by atoms with Gasteiger partial charge in [-0.3, -0.25) is 9.59 Å². The van der Waals surface area contributed by atoms with Crippen molar-refractivity contribution in [1.29, 1.82) is 0 Å². The topological polar surface area (TPSA) is 72.9 Å². The van der Waals surface area contributed by atoms with Crippen molar-refractivity contribution < 1.29 is 22.3 Å². The van der Waals surface area contributed by atoms with Gasteiger partial charge in [-0.25, -0.2) is 0 Å². The molecule has 0 spiro atoms. The lowest BCUT2D eigenvalue weighted by Crippen LogP contribution is -2.34. The van der Waals surface area contributed by atoms with Crippen molar-refractivity contribution >= 4 is 23.2 Å². The van der Waals surface area contributed by atoms with Crippen molar-refractivity contribution in [3.05, 3.63) is 77.4 Å². The van der Waals surface area contributed by atoms with Gasteiger partial charge in [0.25, 0.3) is 11.8 Å². The minimum atomic E-state index is -2.25.